The van der Waals surface area contributed by atoms with Crippen molar-refractivity contribution in [3.63, 3.8) is 0 Å². The Kier molecular flexibility index (Phi) is 3.99. The molecule has 1 saturated heterocycles. The van der Waals surface area contributed by atoms with Gasteiger partial charge in [0.15, 0.2) is 0 Å². The number of amides is 1. The van der Waals surface area contributed by atoms with E-state index in [-0.39, 0.29) is 28.4 Å². The molecular formula is C19H21NO3. The lowest BCUT2D eigenvalue weighted by atomic mass is 9.74. The second-order valence-corrected chi connectivity index (χ2v) is 6.42. The van der Waals surface area contributed by atoms with Crippen LogP contribution in [0, 0.1) is 0 Å². The molecule has 0 radical (unpaired) electrons. The standard InChI is InChI=1S/C19H21NO3/c1-19(14-5-3-2-4-6-14)9-11-20(12-10-19)18(23)16-8-7-15(21)13-17(16)22/h2-8,13,21-22H,9-12H2,1H3. The Morgan fingerprint density at radius 2 is 1.70 bits per heavy atom. The van der Waals surface area contributed by atoms with Crippen LogP contribution in [-0.4, -0.2) is 34.1 Å². The number of rotatable bonds is 2. The lowest BCUT2D eigenvalue weighted by molar-refractivity contribution is 0.0673. The number of carbonyl (C=O) groups is 1. The van der Waals surface area contributed by atoms with Gasteiger partial charge in [-0.25, -0.2) is 0 Å². The van der Waals surface area contributed by atoms with Crippen LogP contribution in [0.5, 0.6) is 11.5 Å². The molecule has 0 saturated carbocycles. The maximum Gasteiger partial charge on any atom is 0.257 e. The molecule has 23 heavy (non-hydrogen) atoms. The van der Waals surface area contributed by atoms with Gasteiger partial charge in [-0.2, -0.15) is 0 Å². The fourth-order valence-corrected chi connectivity index (χ4v) is 3.20. The Labute approximate surface area is 136 Å². The molecule has 4 nitrogen and oxygen atoms in total. The van der Waals surface area contributed by atoms with Gasteiger partial charge >= 0.3 is 0 Å². The summed E-state index contributed by atoms with van der Waals surface area (Å²) in [7, 11) is 0. The second-order valence-electron chi connectivity index (χ2n) is 6.42. The molecule has 4 heteroatoms. The van der Waals surface area contributed by atoms with Crippen LogP contribution in [-0.2, 0) is 5.41 Å². The maximum absolute atomic E-state index is 12.6. The number of piperidine rings is 1. The average Bonchev–Trinajstić information content (AvgIpc) is 2.56. The van der Waals surface area contributed by atoms with Crippen LogP contribution < -0.4 is 0 Å². The van der Waals surface area contributed by atoms with Crippen LogP contribution in [0.1, 0.15) is 35.7 Å². The van der Waals surface area contributed by atoms with Crippen LogP contribution in [0.2, 0.25) is 0 Å². The number of phenols is 2. The van der Waals surface area contributed by atoms with Gasteiger partial charge in [0.1, 0.15) is 11.5 Å². The normalized spacial score (nSPS) is 17.0. The molecule has 2 aromatic rings. The number of hydrogen-bond acceptors (Lipinski definition) is 3. The van der Waals surface area contributed by atoms with Gasteiger partial charge in [0.2, 0.25) is 0 Å². The van der Waals surface area contributed by atoms with Crippen molar-refractivity contribution in [2.24, 2.45) is 0 Å². The number of nitrogens with zero attached hydrogens (tertiary/aromatic N) is 1. The summed E-state index contributed by atoms with van der Waals surface area (Å²) >= 11 is 0. The molecule has 1 fully saturated rings. The van der Waals surface area contributed by atoms with Crippen molar-refractivity contribution in [3.8, 4) is 11.5 Å². The average molecular weight is 311 g/mol. The van der Waals surface area contributed by atoms with Crippen molar-refractivity contribution in [2.45, 2.75) is 25.2 Å². The number of benzene rings is 2. The van der Waals surface area contributed by atoms with E-state index in [9.17, 15) is 15.0 Å². The van der Waals surface area contributed by atoms with E-state index in [4.69, 9.17) is 0 Å². The smallest absolute Gasteiger partial charge is 0.257 e. The molecule has 0 atom stereocenters. The van der Waals surface area contributed by atoms with Crippen LogP contribution in [0.15, 0.2) is 48.5 Å². The highest BCUT2D eigenvalue weighted by Crippen LogP contribution is 2.35. The quantitative estimate of drug-likeness (QED) is 0.894. The molecule has 0 unspecified atom stereocenters. The Morgan fingerprint density at radius 1 is 1.04 bits per heavy atom. The van der Waals surface area contributed by atoms with E-state index in [2.05, 4.69) is 19.1 Å². The molecule has 1 amide bonds. The van der Waals surface area contributed by atoms with Crippen LogP contribution in [0.3, 0.4) is 0 Å². The molecular weight excluding hydrogens is 290 g/mol. The number of hydrogen-bond donors (Lipinski definition) is 2. The zero-order chi connectivity index (χ0) is 16.4. The number of carbonyl (C=O) groups excluding carboxylic acids is 1. The van der Waals surface area contributed by atoms with Crippen molar-refractivity contribution in [1.82, 2.24) is 4.90 Å². The maximum atomic E-state index is 12.6. The third-order valence-electron chi connectivity index (χ3n) is 4.84. The highest BCUT2D eigenvalue weighted by Gasteiger charge is 2.33. The second kappa shape index (κ2) is 5.95. The first kappa shape index (κ1) is 15.4. The summed E-state index contributed by atoms with van der Waals surface area (Å²) < 4.78 is 0. The first-order valence-corrected chi connectivity index (χ1v) is 7.86. The van der Waals surface area contributed by atoms with Gasteiger partial charge in [-0.05, 0) is 36.0 Å². The minimum absolute atomic E-state index is 0.0469. The minimum atomic E-state index is -0.183. The van der Waals surface area contributed by atoms with Crippen molar-refractivity contribution >= 4 is 5.91 Å². The molecule has 2 aromatic carbocycles. The highest BCUT2D eigenvalue weighted by molar-refractivity contribution is 5.97. The van der Waals surface area contributed by atoms with Gasteiger partial charge in [0.05, 0.1) is 5.56 Å². The molecule has 120 valence electrons. The summed E-state index contributed by atoms with van der Waals surface area (Å²) in [6, 6.07) is 14.5. The Bertz CT molecular complexity index is 704. The first-order valence-electron chi connectivity index (χ1n) is 7.86. The molecule has 0 aromatic heterocycles. The molecule has 1 aliphatic heterocycles. The van der Waals surface area contributed by atoms with Crippen LogP contribution in [0.4, 0.5) is 0 Å². The Morgan fingerprint density at radius 3 is 2.30 bits per heavy atom. The number of aromatic hydroxyl groups is 2. The minimum Gasteiger partial charge on any atom is -0.508 e. The summed E-state index contributed by atoms with van der Waals surface area (Å²) in [5.41, 5.74) is 1.63. The van der Waals surface area contributed by atoms with Gasteiger partial charge in [0, 0.05) is 19.2 Å². The zero-order valence-electron chi connectivity index (χ0n) is 13.2. The van der Waals surface area contributed by atoms with Gasteiger partial charge in [-0.3, -0.25) is 4.79 Å². The summed E-state index contributed by atoms with van der Waals surface area (Å²) in [4.78, 5) is 14.3. The van der Waals surface area contributed by atoms with Crippen molar-refractivity contribution in [2.75, 3.05) is 13.1 Å². The van der Waals surface area contributed by atoms with E-state index in [1.54, 1.807) is 4.90 Å². The van der Waals surface area contributed by atoms with Crippen LogP contribution >= 0.6 is 0 Å². The molecule has 1 aliphatic rings. The van der Waals surface area contributed by atoms with E-state index in [1.165, 1.54) is 23.8 Å². The molecule has 0 spiro atoms. The topological polar surface area (TPSA) is 60.8 Å². The lowest BCUT2D eigenvalue weighted by Gasteiger charge is -2.40. The molecule has 2 N–H and O–H groups in total. The largest absolute Gasteiger partial charge is 0.508 e. The summed E-state index contributed by atoms with van der Waals surface area (Å²) in [6.07, 6.45) is 1.78. The third-order valence-corrected chi connectivity index (χ3v) is 4.84. The van der Waals surface area contributed by atoms with Crippen molar-refractivity contribution in [3.05, 3.63) is 59.7 Å². The predicted molar refractivity (Wildman–Crippen MR) is 88.7 cm³/mol. The third kappa shape index (κ3) is 3.02. The predicted octanol–water partition coefficient (Wildman–Crippen LogP) is 3.29. The lowest BCUT2D eigenvalue weighted by Crippen LogP contribution is -2.43. The Hall–Kier alpha value is -2.49. The van der Waals surface area contributed by atoms with E-state index in [1.807, 2.05) is 18.2 Å². The zero-order valence-corrected chi connectivity index (χ0v) is 13.2. The van der Waals surface area contributed by atoms with E-state index >= 15 is 0 Å². The van der Waals surface area contributed by atoms with E-state index < -0.39 is 0 Å². The number of likely N-dealkylation sites (tertiary alicyclic amines) is 1. The SMILES string of the molecule is CC1(c2ccccc2)CCN(C(=O)c2ccc(O)cc2O)CC1. The number of phenolic OH excluding ortho intramolecular Hbond substituents is 2. The molecule has 1 heterocycles. The van der Waals surface area contributed by atoms with Crippen molar-refractivity contribution in [1.29, 1.82) is 0 Å². The van der Waals surface area contributed by atoms with Crippen molar-refractivity contribution < 1.29 is 15.0 Å². The molecule has 0 bridgehead atoms. The summed E-state index contributed by atoms with van der Waals surface area (Å²) in [6.45, 7) is 3.55. The van der Waals surface area contributed by atoms with E-state index in [0.717, 1.165) is 12.8 Å². The van der Waals surface area contributed by atoms with E-state index in [0.29, 0.717) is 13.1 Å². The summed E-state index contributed by atoms with van der Waals surface area (Å²) in [5.74, 6) is -0.404. The van der Waals surface area contributed by atoms with Gasteiger partial charge < -0.3 is 15.1 Å². The monoisotopic (exact) mass is 311 g/mol. The highest BCUT2D eigenvalue weighted by atomic mass is 16.3. The summed E-state index contributed by atoms with van der Waals surface area (Å²) in [5, 5.41) is 19.2. The van der Waals surface area contributed by atoms with Gasteiger partial charge in [-0.15, -0.1) is 0 Å². The molecule has 0 aliphatic carbocycles. The fourth-order valence-electron chi connectivity index (χ4n) is 3.20. The first-order chi connectivity index (χ1) is 11.0. The molecule has 3 rings (SSSR count). The Balaban J connectivity index is 1.72. The van der Waals surface area contributed by atoms with Gasteiger partial charge in [-0.1, -0.05) is 37.3 Å². The van der Waals surface area contributed by atoms with Crippen LogP contribution in [0.25, 0.3) is 0 Å². The fraction of sp³-hybridized carbons (Fsp3) is 0.316. The van der Waals surface area contributed by atoms with Gasteiger partial charge in [0.25, 0.3) is 5.91 Å².